The molecule has 0 aliphatic carbocycles. The van der Waals surface area contributed by atoms with Crippen molar-refractivity contribution in [2.45, 2.75) is 26.7 Å². The molecule has 0 aliphatic heterocycles. The molecule has 0 saturated carbocycles. The second kappa shape index (κ2) is 8.53. The summed E-state index contributed by atoms with van der Waals surface area (Å²) in [6.07, 6.45) is 1.35. The molecule has 2 N–H and O–H groups in total. The zero-order valence-electron chi connectivity index (χ0n) is 11.9. The fourth-order valence-corrected chi connectivity index (χ4v) is 1.91. The van der Waals surface area contributed by atoms with Gasteiger partial charge in [0.15, 0.2) is 0 Å². The predicted octanol–water partition coefficient (Wildman–Crippen LogP) is 1.96. The van der Waals surface area contributed by atoms with Crippen molar-refractivity contribution < 1.29 is 9.53 Å². The number of benzene rings is 1. The van der Waals surface area contributed by atoms with Gasteiger partial charge in [0.05, 0.1) is 13.0 Å². The van der Waals surface area contributed by atoms with Crippen molar-refractivity contribution in [2.75, 3.05) is 26.2 Å². The van der Waals surface area contributed by atoms with Crippen molar-refractivity contribution in [2.24, 2.45) is 5.73 Å². The summed E-state index contributed by atoms with van der Waals surface area (Å²) >= 11 is 0. The highest BCUT2D eigenvalue weighted by atomic mass is 16.5. The summed E-state index contributed by atoms with van der Waals surface area (Å²) in [6.45, 7) is 6.37. The molecule has 106 valence electrons. The van der Waals surface area contributed by atoms with Gasteiger partial charge >= 0.3 is 0 Å². The van der Waals surface area contributed by atoms with Gasteiger partial charge in [-0.3, -0.25) is 4.79 Å². The van der Waals surface area contributed by atoms with E-state index in [1.54, 1.807) is 4.90 Å². The van der Waals surface area contributed by atoms with Crippen LogP contribution in [0.5, 0.6) is 5.75 Å². The molecule has 0 fully saturated rings. The van der Waals surface area contributed by atoms with E-state index >= 15 is 0 Å². The van der Waals surface area contributed by atoms with Crippen LogP contribution in [0.4, 0.5) is 0 Å². The number of ether oxygens (including phenoxy) is 1. The SMILES string of the molecule is CCCN(CCN)C(=O)CCOc1cccc(C)c1. The summed E-state index contributed by atoms with van der Waals surface area (Å²) in [5, 5.41) is 0. The Morgan fingerprint density at radius 1 is 1.37 bits per heavy atom. The van der Waals surface area contributed by atoms with Crippen molar-refractivity contribution in [3.8, 4) is 5.75 Å². The quantitative estimate of drug-likeness (QED) is 0.781. The molecule has 4 heteroatoms. The molecule has 0 bridgehead atoms. The van der Waals surface area contributed by atoms with E-state index in [0.29, 0.717) is 26.1 Å². The third-order valence-electron chi connectivity index (χ3n) is 2.82. The van der Waals surface area contributed by atoms with E-state index in [9.17, 15) is 4.79 Å². The topological polar surface area (TPSA) is 55.6 Å². The van der Waals surface area contributed by atoms with Gasteiger partial charge in [0.1, 0.15) is 5.75 Å². The van der Waals surface area contributed by atoms with Gasteiger partial charge in [-0.15, -0.1) is 0 Å². The van der Waals surface area contributed by atoms with E-state index in [1.165, 1.54) is 0 Å². The molecular weight excluding hydrogens is 240 g/mol. The van der Waals surface area contributed by atoms with Gasteiger partial charge in [-0.25, -0.2) is 0 Å². The van der Waals surface area contributed by atoms with E-state index in [1.807, 2.05) is 31.2 Å². The minimum Gasteiger partial charge on any atom is -0.493 e. The molecule has 19 heavy (non-hydrogen) atoms. The van der Waals surface area contributed by atoms with Crippen LogP contribution >= 0.6 is 0 Å². The number of nitrogens with zero attached hydrogens (tertiary/aromatic N) is 1. The average Bonchev–Trinajstić information content (AvgIpc) is 2.38. The molecule has 1 rings (SSSR count). The molecule has 0 atom stereocenters. The molecule has 0 unspecified atom stereocenters. The summed E-state index contributed by atoms with van der Waals surface area (Å²) < 4.78 is 5.59. The molecule has 1 amide bonds. The van der Waals surface area contributed by atoms with Crippen LogP contribution in [-0.2, 0) is 4.79 Å². The molecule has 0 radical (unpaired) electrons. The van der Waals surface area contributed by atoms with Crippen molar-refractivity contribution in [3.05, 3.63) is 29.8 Å². The minimum atomic E-state index is 0.111. The number of hydrogen-bond donors (Lipinski definition) is 1. The lowest BCUT2D eigenvalue weighted by Crippen LogP contribution is -2.36. The van der Waals surface area contributed by atoms with Gasteiger partial charge in [0, 0.05) is 19.6 Å². The normalized spacial score (nSPS) is 10.3. The molecule has 4 nitrogen and oxygen atoms in total. The maximum atomic E-state index is 12.0. The monoisotopic (exact) mass is 264 g/mol. The first-order valence-electron chi connectivity index (χ1n) is 6.84. The maximum absolute atomic E-state index is 12.0. The Hall–Kier alpha value is -1.55. The lowest BCUT2D eigenvalue weighted by molar-refractivity contribution is -0.131. The standard InChI is InChI=1S/C15H24N2O2/c1-3-9-17(10-8-16)15(18)7-11-19-14-6-4-5-13(2)12-14/h4-6,12H,3,7-11,16H2,1-2H3. The highest BCUT2D eigenvalue weighted by molar-refractivity contribution is 5.76. The van der Waals surface area contributed by atoms with Crippen LogP contribution in [0.3, 0.4) is 0 Å². The zero-order chi connectivity index (χ0) is 14.1. The lowest BCUT2D eigenvalue weighted by Gasteiger charge is -2.21. The Morgan fingerprint density at radius 3 is 2.79 bits per heavy atom. The van der Waals surface area contributed by atoms with E-state index in [-0.39, 0.29) is 5.91 Å². The van der Waals surface area contributed by atoms with Crippen molar-refractivity contribution in [1.29, 1.82) is 0 Å². The average molecular weight is 264 g/mol. The molecule has 0 spiro atoms. The van der Waals surface area contributed by atoms with Crippen LogP contribution in [0.2, 0.25) is 0 Å². The van der Waals surface area contributed by atoms with Crippen LogP contribution < -0.4 is 10.5 Å². The Kier molecular flexibility index (Phi) is 6.97. The fraction of sp³-hybridized carbons (Fsp3) is 0.533. The van der Waals surface area contributed by atoms with Gasteiger partial charge in [0.2, 0.25) is 5.91 Å². The summed E-state index contributed by atoms with van der Waals surface area (Å²) in [5.41, 5.74) is 6.66. The first kappa shape index (κ1) is 15.5. The Bertz CT molecular complexity index is 387. The third kappa shape index (κ3) is 5.75. The molecule has 0 saturated heterocycles. The Balaban J connectivity index is 2.36. The maximum Gasteiger partial charge on any atom is 0.226 e. The number of rotatable bonds is 8. The van der Waals surface area contributed by atoms with E-state index < -0.39 is 0 Å². The number of carbonyl (C=O) groups excluding carboxylic acids is 1. The lowest BCUT2D eigenvalue weighted by atomic mass is 10.2. The number of aryl methyl sites for hydroxylation is 1. The van der Waals surface area contributed by atoms with Crippen molar-refractivity contribution in [3.63, 3.8) is 0 Å². The largest absolute Gasteiger partial charge is 0.493 e. The number of carbonyl (C=O) groups is 1. The van der Waals surface area contributed by atoms with Crippen LogP contribution in [0, 0.1) is 6.92 Å². The summed E-state index contributed by atoms with van der Waals surface area (Å²) in [6, 6.07) is 7.84. The summed E-state index contributed by atoms with van der Waals surface area (Å²) in [7, 11) is 0. The molecular formula is C15H24N2O2. The Labute approximate surface area is 115 Å². The second-order valence-electron chi connectivity index (χ2n) is 4.58. The predicted molar refractivity (Wildman–Crippen MR) is 77.2 cm³/mol. The smallest absolute Gasteiger partial charge is 0.226 e. The highest BCUT2D eigenvalue weighted by Gasteiger charge is 2.11. The van der Waals surface area contributed by atoms with Crippen LogP contribution in [-0.4, -0.2) is 37.0 Å². The number of hydrogen-bond acceptors (Lipinski definition) is 3. The van der Waals surface area contributed by atoms with E-state index in [4.69, 9.17) is 10.5 Å². The number of nitrogens with two attached hydrogens (primary N) is 1. The molecule has 0 heterocycles. The number of amides is 1. The van der Waals surface area contributed by atoms with Gasteiger partial charge in [-0.1, -0.05) is 19.1 Å². The molecule has 0 aliphatic rings. The Morgan fingerprint density at radius 2 is 2.16 bits per heavy atom. The van der Waals surface area contributed by atoms with Crippen molar-refractivity contribution >= 4 is 5.91 Å². The van der Waals surface area contributed by atoms with Gasteiger partial charge < -0.3 is 15.4 Å². The van der Waals surface area contributed by atoms with Gasteiger partial charge in [-0.05, 0) is 31.0 Å². The second-order valence-corrected chi connectivity index (χ2v) is 4.58. The summed E-state index contributed by atoms with van der Waals surface area (Å²) in [5.74, 6) is 0.925. The minimum absolute atomic E-state index is 0.111. The molecule has 1 aromatic rings. The van der Waals surface area contributed by atoms with E-state index in [2.05, 4.69) is 6.92 Å². The highest BCUT2D eigenvalue weighted by Crippen LogP contribution is 2.12. The van der Waals surface area contributed by atoms with Gasteiger partial charge in [-0.2, -0.15) is 0 Å². The van der Waals surface area contributed by atoms with Crippen molar-refractivity contribution in [1.82, 2.24) is 4.90 Å². The summed E-state index contributed by atoms with van der Waals surface area (Å²) in [4.78, 5) is 13.8. The fourth-order valence-electron chi connectivity index (χ4n) is 1.91. The first-order chi connectivity index (χ1) is 9.17. The van der Waals surface area contributed by atoms with Crippen LogP contribution in [0.25, 0.3) is 0 Å². The van der Waals surface area contributed by atoms with Crippen LogP contribution in [0.15, 0.2) is 24.3 Å². The molecule has 1 aromatic carbocycles. The third-order valence-corrected chi connectivity index (χ3v) is 2.82. The first-order valence-corrected chi connectivity index (χ1v) is 6.84. The van der Waals surface area contributed by atoms with Gasteiger partial charge in [0.25, 0.3) is 0 Å². The van der Waals surface area contributed by atoms with Crippen LogP contribution in [0.1, 0.15) is 25.3 Å². The molecule has 0 aromatic heterocycles. The van der Waals surface area contributed by atoms with E-state index in [0.717, 1.165) is 24.3 Å². The zero-order valence-corrected chi connectivity index (χ0v) is 11.9.